The van der Waals surface area contributed by atoms with Gasteiger partial charge in [0.1, 0.15) is 5.82 Å². The fourth-order valence-electron chi connectivity index (χ4n) is 3.02. The molecule has 3 rings (SSSR count). The van der Waals surface area contributed by atoms with Crippen LogP contribution in [0.4, 0.5) is 0 Å². The van der Waals surface area contributed by atoms with Crippen LogP contribution < -0.4 is 0 Å². The van der Waals surface area contributed by atoms with Gasteiger partial charge in [0, 0.05) is 6.42 Å². The van der Waals surface area contributed by atoms with Crippen molar-refractivity contribution < 1.29 is 9.90 Å². The molecule has 1 heterocycles. The topological polar surface area (TPSA) is 66.0 Å². The Balaban J connectivity index is 1.93. The SMILES string of the molecule is Cc1cc2[nH]c(/C=C/c3ccccc3)nc2c(CCCC(=O)O)c1C. The highest BCUT2D eigenvalue weighted by molar-refractivity contribution is 5.84. The predicted molar refractivity (Wildman–Crippen MR) is 102 cm³/mol. The number of aliphatic carboxylic acids is 1. The predicted octanol–water partition coefficient (Wildman–Crippen LogP) is 4.76. The molecule has 0 aliphatic heterocycles. The summed E-state index contributed by atoms with van der Waals surface area (Å²) in [5.41, 5.74) is 6.61. The van der Waals surface area contributed by atoms with E-state index in [2.05, 4.69) is 24.9 Å². The molecule has 0 unspecified atom stereocenters. The van der Waals surface area contributed by atoms with Gasteiger partial charge in [-0.25, -0.2) is 4.98 Å². The Hall–Kier alpha value is -2.88. The van der Waals surface area contributed by atoms with Gasteiger partial charge >= 0.3 is 5.97 Å². The molecule has 3 aromatic rings. The molecule has 0 spiro atoms. The van der Waals surface area contributed by atoms with Gasteiger partial charge in [-0.1, -0.05) is 36.4 Å². The number of hydrogen-bond donors (Lipinski definition) is 2. The maximum atomic E-state index is 10.8. The summed E-state index contributed by atoms with van der Waals surface area (Å²) < 4.78 is 0. The number of carbonyl (C=O) groups is 1. The van der Waals surface area contributed by atoms with Gasteiger partial charge < -0.3 is 10.1 Å². The van der Waals surface area contributed by atoms with Crippen molar-refractivity contribution in [1.29, 1.82) is 0 Å². The fraction of sp³-hybridized carbons (Fsp3) is 0.238. The van der Waals surface area contributed by atoms with Crippen molar-refractivity contribution in [3.8, 4) is 0 Å². The number of rotatable bonds is 6. The first-order valence-corrected chi connectivity index (χ1v) is 8.48. The molecule has 2 N–H and O–H groups in total. The molecule has 0 saturated heterocycles. The minimum atomic E-state index is -0.755. The van der Waals surface area contributed by atoms with Crippen LogP contribution in [-0.2, 0) is 11.2 Å². The highest BCUT2D eigenvalue weighted by atomic mass is 16.4. The highest BCUT2D eigenvalue weighted by Gasteiger charge is 2.12. The molecule has 0 amide bonds. The van der Waals surface area contributed by atoms with Crippen LogP contribution in [0.25, 0.3) is 23.2 Å². The second-order valence-electron chi connectivity index (χ2n) is 6.31. The van der Waals surface area contributed by atoms with Crippen LogP contribution in [0.5, 0.6) is 0 Å². The van der Waals surface area contributed by atoms with E-state index in [1.165, 1.54) is 11.1 Å². The van der Waals surface area contributed by atoms with Gasteiger partial charge in [0.15, 0.2) is 0 Å². The van der Waals surface area contributed by atoms with Crippen molar-refractivity contribution >= 4 is 29.2 Å². The number of imidazole rings is 1. The first-order valence-electron chi connectivity index (χ1n) is 8.48. The van der Waals surface area contributed by atoms with Crippen LogP contribution in [0, 0.1) is 13.8 Å². The van der Waals surface area contributed by atoms with Crippen LogP contribution >= 0.6 is 0 Å². The van der Waals surface area contributed by atoms with Gasteiger partial charge in [0.25, 0.3) is 0 Å². The lowest BCUT2D eigenvalue weighted by atomic mass is 9.97. The molecule has 4 heteroatoms. The summed E-state index contributed by atoms with van der Waals surface area (Å²) in [6.07, 6.45) is 5.53. The Morgan fingerprint density at radius 1 is 1.20 bits per heavy atom. The standard InChI is InChI=1S/C21H22N2O2/c1-14-13-18-21(17(15(14)2)9-6-10-20(24)25)23-19(22-18)12-11-16-7-4-3-5-8-16/h3-5,7-8,11-13H,6,9-10H2,1-2H3,(H,22,23)(H,24,25)/b12-11+. The van der Waals surface area contributed by atoms with Gasteiger partial charge in [-0.3, -0.25) is 4.79 Å². The normalized spacial score (nSPS) is 11.4. The second kappa shape index (κ2) is 7.34. The molecule has 4 nitrogen and oxygen atoms in total. The molecule has 1 aromatic heterocycles. The van der Waals surface area contributed by atoms with Crippen molar-refractivity contribution in [2.24, 2.45) is 0 Å². The number of hydrogen-bond acceptors (Lipinski definition) is 2. The van der Waals surface area contributed by atoms with Crippen LogP contribution in [-0.4, -0.2) is 21.0 Å². The molecule has 0 atom stereocenters. The lowest BCUT2D eigenvalue weighted by molar-refractivity contribution is -0.137. The first kappa shape index (κ1) is 17.0. The van der Waals surface area contributed by atoms with Crippen LogP contribution in [0.15, 0.2) is 36.4 Å². The number of carboxylic acid groups (broad SMARTS) is 1. The summed E-state index contributed by atoms with van der Waals surface area (Å²) in [6, 6.07) is 12.2. The molecular weight excluding hydrogens is 312 g/mol. The smallest absolute Gasteiger partial charge is 0.303 e. The number of benzene rings is 2. The van der Waals surface area contributed by atoms with E-state index >= 15 is 0 Å². The number of aromatic amines is 1. The molecule has 0 aliphatic carbocycles. The Kier molecular flexibility index (Phi) is 4.98. The zero-order valence-corrected chi connectivity index (χ0v) is 14.5. The van der Waals surface area contributed by atoms with E-state index in [9.17, 15) is 4.79 Å². The van der Waals surface area contributed by atoms with Gasteiger partial charge in [0.2, 0.25) is 0 Å². The Morgan fingerprint density at radius 3 is 2.68 bits per heavy atom. The first-order chi connectivity index (χ1) is 12.0. The monoisotopic (exact) mass is 334 g/mol. The number of carboxylic acids is 1. The summed E-state index contributed by atoms with van der Waals surface area (Å²) in [5.74, 6) is 0.0541. The van der Waals surface area contributed by atoms with Gasteiger partial charge in [-0.2, -0.15) is 0 Å². The third-order valence-corrected chi connectivity index (χ3v) is 4.49. The molecule has 25 heavy (non-hydrogen) atoms. The second-order valence-corrected chi connectivity index (χ2v) is 6.31. The third-order valence-electron chi connectivity index (χ3n) is 4.49. The lowest BCUT2D eigenvalue weighted by Crippen LogP contribution is -1.99. The number of fused-ring (bicyclic) bond motifs is 1. The van der Waals surface area contributed by atoms with E-state index in [1.807, 2.05) is 42.5 Å². The van der Waals surface area contributed by atoms with Crippen LogP contribution in [0.3, 0.4) is 0 Å². The van der Waals surface area contributed by atoms with Crippen molar-refractivity contribution in [1.82, 2.24) is 9.97 Å². The number of H-pyrrole nitrogens is 1. The fourth-order valence-corrected chi connectivity index (χ4v) is 3.02. The number of aryl methyl sites for hydroxylation is 2. The average molecular weight is 334 g/mol. The summed E-state index contributed by atoms with van der Waals surface area (Å²) >= 11 is 0. The van der Waals surface area contributed by atoms with Crippen LogP contribution in [0.1, 0.15) is 40.9 Å². The summed E-state index contributed by atoms with van der Waals surface area (Å²) in [7, 11) is 0. The molecule has 0 fully saturated rings. The zero-order chi connectivity index (χ0) is 17.8. The van der Waals surface area contributed by atoms with E-state index in [4.69, 9.17) is 10.1 Å². The molecule has 0 radical (unpaired) electrons. The summed E-state index contributed by atoms with van der Waals surface area (Å²) in [6.45, 7) is 4.16. The summed E-state index contributed by atoms with van der Waals surface area (Å²) in [4.78, 5) is 18.9. The molecule has 128 valence electrons. The molecule has 0 aliphatic rings. The van der Waals surface area contributed by atoms with E-state index in [1.54, 1.807) is 0 Å². The van der Waals surface area contributed by atoms with Crippen molar-refractivity contribution in [3.05, 3.63) is 64.5 Å². The molecular formula is C21H22N2O2. The summed E-state index contributed by atoms with van der Waals surface area (Å²) in [5, 5.41) is 8.88. The van der Waals surface area contributed by atoms with E-state index in [0.717, 1.165) is 34.4 Å². The van der Waals surface area contributed by atoms with E-state index < -0.39 is 5.97 Å². The minimum absolute atomic E-state index is 0.181. The maximum absolute atomic E-state index is 10.8. The molecule has 0 bridgehead atoms. The van der Waals surface area contributed by atoms with Crippen LogP contribution in [0.2, 0.25) is 0 Å². The third kappa shape index (κ3) is 3.97. The van der Waals surface area contributed by atoms with Crippen molar-refractivity contribution in [3.63, 3.8) is 0 Å². The Bertz CT molecular complexity index is 924. The highest BCUT2D eigenvalue weighted by Crippen LogP contribution is 2.26. The number of aromatic nitrogens is 2. The Labute approximate surface area is 147 Å². The van der Waals surface area contributed by atoms with Gasteiger partial charge in [-0.15, -0.1) is 0 Å². The zero-order valence-electron chi connectivity index (χ0n) is 14.5. The maximum Gasteiger partial charge on any atom is 0.303 e. The number of nitrogens with zero attached hydrogens (tertiary/aromatic N) is 1. The largest absolute Gasteiger partial charge is 0.481 e. The quantitative estimate of drug-likeness (QED) is 0.683. The number of nitrogens with one attached hydrogen (secondary N) is 1. The van der Waals surface area contributed by atoms with Crippen molar-refractivity contribution in [2.75, 3.05) is 0 Å². The van der Waals surface area contributed by atoms with E-state index in [0.29, 0.717) is 6.42 Å². The van der Waals surface area contributed by atoms with Crippen molar-refractivity contribution in [2.45, 2.75) is 33.1 Å². The molecule has 2 aromatic carbocycles. The van der Waals surface area contributed by atoms with Gasteiger partial charge in [0.05, 0.1) is 11.0 Å². The molecule has 0 saturated carbocycles. The minimum Gasteiger partial charge on any atom is -0.481 e. The Morgan fingerprint density at radius 2 is 1.96 bits per heavy atom. The lowest BCUT2D eigenvalue weighted by Gasteiger charge is -2.09. The van der Waals surface area contributed by atoms with E-state index in [-0.39, 0.29) is 6.42 Å². The average Bonchev–Trinajstić information content (AvgIpc) is 2.99. The van der Waals surface area contributed by atoms with Gasteiger partial charge in [-0.05, 0) is 61.1 Å².